The summed E-state index contributed by atoms with van der Waals surface area (Å²) >= 11 is 0. The molecule has 0 aliphatic carbocycles. The standard InChI is InChI=1S/C60H36N6O.Pt/c1-2-17-40(18-3-1)64-52-28-11-7-24-48(52)59-57(64)35-36-61-60(59)66-51-27-10-6-23-46(51)47-34-33-43(38-58(47)66)67-42-20-16-19-41(37-42)62-39-63(54-30-13-12-29-53(54)62)55-31-14-15-32-56(55)65-49-25-8-4-21-44(49)45-22-5-9-26-50(45)65;/h1-36H;/q-2;. The third-order valence-corrected chi connectivity index (χ3v) is 13.1. The molecule has 0 saturated heterocycles. The molecule has 0 fully saturated rings. The van der Waals surface area contributed by atoms with Gasteiger partial charge in [0.15, 0.2) is 0 Å². The SMILES string of the molecule is [Pt].[c-]1c(Oc2[c-]c3c(cc2)c2ccccc2n3-c2nccc3c2c2ccccc2n3-c2ccccc2)cccc1-n1[c-][n+](-c2ccccc2-n2c3ccccc3c3ccccc32)c2ccccc21. The van der Waals surface area contributed by atoms with E-state index in [1.165, 1.54) is 10.8 Å². The Morgan fingerprint density at radius 1 is 0.426 bits per heavy atom. The Kier molecular flexibility index (Phi) is 9.27. The van der Waals surface area contributed by atoms with Crippen molar-refractivity contribution in [3.8, 4) is 40.1 Å². The first-order chi connectivity index (χ1) is 33.3. The van der Waals surface area contributed by atoms with Crippen LogP contribution in [0.1, 0.15) is 0 Å². The van der Waals surface area contributed by atoms with E-state index in [1.54, 1.807) is 0 Å². The third kappa shape index (κ3) is 6.03. The molecule has 5 aromatic heterocycles. The van der Waals surface area contributed by atoms with Gasteiger partial charge in [-0.05, 0) is 65.7 Å². The van der Waals surface area contributed by atoms with Crippen molar-refractivity contribution < 1.29 is 30.4 Å². The second kappa shape index (κ2) is 15.8. The van der Waals surface area contributed by atoms with Gasteiger partial charge in [-0.2, -0.15) is 18.2 Å². The van der Waals surface area contributed by atoms with E-state index in [2.05, 4.69) is 229 Å². The van der Waals surface area contributed by atoms with E-state index in [0.29, 0.717) is 11.5 Å². The molecule has 0 N–H and O–H groups in total. The van der Waals surface area contributed by atoms with Gasteiger partial charge in [-0.1, -0.05) is 133 Å². The summed E-state index contributed by atoms with van der Waals surface area (Å²) in [6.45, 7) is 0. The average molecular weight is 1050 g/mol. The Balaban J connectivity index is 0.00000457. The Hall–Kier alpha value is -8.51. The summed E-state index contributed by atoms with van der Waals surface area (Å²) < 4.78 is 17.9. The molecule has 0 amide bonds. The summed E-state index contributed by atoms with van der Waals surface area (Å²) in [7, 11) is 0. The van der Waals surface area contributed by atoms with Gasteiger partial charge >= 0.3 is 0 Å². The number of nitrogens with zero attached hydrogens (tertiary/aromatic N) is 6. The zero-order valence-corrected chi connectivity index (χ0v) is 38.5. The number of para-hydroxylation sites is 9. The van der Waals surface area contributed by atoms with Crippen molar-refractivity contribution in [2.75, 3.05) is 0 Å². The predicted octanol–water partition coefficient (Wildman–Crippen LogP) is 13.8. The van der Waals surface area contributed by atoms with E-state index >= 15 is 0 Å². The van der Waals surface area contributed by atoms with E-state index in [-0.39, 0.29) is 21.1 Å². The Bertz CT molecular complexity index is 4220. The minimum atomic E-state index is 0. The molecule has 68 heavy (non-hydrogen) atoms. The summed E-state index contributed by atoms with van der Waals surface area (Å²) in [5.74, 6) is 1.96. The molecule has 14 rings (SSSR count). The minimum Gasteiger partial charge on any atom is -0.510 e. The fourth-order valence-corrected chi connectivity index (χ4v) is 10.3. The fraction of sp³-hybridized carbons (Fsp3) is 0. The van der Waals surface area contributed by atoms with Crippen LogP contribution in [0.25, 0.3) is 105 Å². The molecular weight excluding hydrogens is 1020 g/mol. The molecule has 0 saturated carbocycles. The van der Waals surface area contributed by atoms with E-state index in [4.69, 9.17) is 9.72 Å². The first-order valence-electron chi connectivity index (χ1n) is 22.4. The van der Waals surface area contributed by atoms with Gasteiger partial charge in [-0.3, -0.25) is 4.57 Å². The van der Waals surface area contributed by atoms with Crippen molar-refractivity contribution in [1.29, 1.82) is 0 Å². The zero-order chi connectivity index (χ0) is 44.0. The smallest absolute Gasteiger partial charge is 0.268 e. The molecule has 0 aliphatic rings. The van der Waals surface area contributed by atoms with Crippen molar-refractivity contribution in [2.45, 2.75) is 0 Å². The van der Waals surface area contributed by atoms with Gasteiger partial charge in [0.05, 0.1) is 49.9 Å². The molecule has 324 valence electrons. The molecule has 8 heteroatoms. The number of pyridine rings is 1. The molecule has 0 radical (unpaired) electrons. The van der Waals surface area contributed by atoms with Gasteiger partial charge in [0.2, 0.25) is 0 Å². The van der Waals surface area contributed by atoms with Crippen LogP contribution in [0.3, 0.4) is 0 Å². The van der Waals surface area contributed by atoms with Gasteiger partial charge in [0.25, 0.3) is 6.33 Å². The van der Waals surface area contributed by atoms with E-state index in [0.717, 1.165) is 94.2 Å². The zero-order valence-electron chi connectivity index (χ0n) is 36.2. The Morgan fingerprint density at radius 2 is 1.01 bits per heavy atom. The number of hydrogen-bond acceptors (Lipinski definition) is 2. The number of imidazole rings is 1. The van der Waals surface area contributed by atoms with Gasteiger partial charge in [0, 0.05) is 66.1 Å². The van der Waals surface area contributed by atoms with Crippen LogP contribution in [0.4, 0.5) is 0 Å². The maximum absolute atomic E-state index is 6.72. The van der Waals surface area contributed by atoms with Crippen LogP contribution in [0.15, 0.2) is 219 Å². The monoisotopic (exact) mass is 1050 g/mol. The van der Waals surface area contributed by atoms with Crippen LogP contribution in [-0.4, -0.2) is 23.3 Å². The minimum absolute atomic E-state index is 0. The fourth-order valence-electron chi connectivity index (χ4n) is 10.3. The van der Waals surface area contributed by atoms with Crippen molar-refractivity contribution in [3.05, 3.63) is 237 Å². The number of benzene rings is 9. The Labute approximate surface area is 404 Å². The van der Waals surface area contributed by atoms with Crippen molar-refractivity contribution >= 4 is 76.5 Å². The number of rotatable bonds is 7. The van der Waals surface area contributed by atoms with Gasteiger partial charge in [-0.25, -0.2) is 4.98 Å². The molecule has 7 nitrogen and oxygen atoms in total. The molecule has 9 aromatic carbocycles. The summed E-state index contributed by atoms with van der Waals surface area (Å²) in [5.41, 5.74) is 12.4. The van der Waals surface area contributed by atoms with E-state index in [1.807, 2.05) is 30.5 Å². The van der Waals surface area contributed by atoms with Crippen molar-refractivity contribution in [2.24, 2.45) is 0 Å². The van der Waals surface area contributed by atoms with Gasteiger partial charge in [0.1, 0.15) is 5.82 Å². The van der Waals surface area contributed by atoms with Crippen molar-refractivity contribution in [3.63, 3.8) is 0 Å². The van der Waals surface area contributed by atoms with Gasteiger partial charge in [-0.15, -0.1) is 29.7 Å². The quantitative estimate of drug-likeness (QED) is 0.118. The number of aromatic nitrogens is 6. The maximum atomic E-state index is 6.72. The molecule has 0 bridgehead atoms. The molecule has 0 unspecified atom stereocenters. The maximum Gasteiger partial charge on any atom is 0.268 e. The van der Waals surface area contributed by atoms with Crippen LogP contribution < -0.4 is 9.30 Å². The van der Waals surface area contributed by atoms with Crippen molar-refractivity contribution in [1.82, 2.24) is 23.3 Å². The molecule has 0 atom stereocenters. The van der Waals surface area contributed by atoms with Crippen LogP contribution in [0.5, 0.6) is 11.5 Å². The van der Waals surface area contributed by atoms with E-state index < -0.39 is 0 Å². The molecule has 0 aliphatic heterocycles. The topological polar surface area (TPSA) is 45.7 Å². The third-order valence-electron chi connectivity index (χ3n) is 13.1. The van der Waals surface area contributed by atoms with Crippen LogP contribution in [0.2, 0.25) is 0 Å². The van der Waals surface area contributed by atoms with Gasteiger partial charge < -0.3 is 23.0 Å². The summed E-state index contributed by atoms with van der Waals surface area (Å²) in [4.78, 5) is 5.13. The average Bonchev–Trinajstić information content (AvgIpc) is 4.13. The summed E-state index contributed by atoms with van der Waals surface area (Å²) in [5, 5.41) is 6.80. The molecule has 14 aromatic rings. The normalized spacial score (nSPS) is 11.7. The van der Waals surface area contributed by atoms with E-state index in [9.17, 15) is 0 Å². The van der Waals surface area contributed by atoms with Crippen LogP contribution in [-0.2, 0) is 21.1 Å². The van der Waals surface area contributed by atoms with Crippen LogP contribution >= 0.6 is 0 Å². The second-order valence-corrected chi connectivity index (χ2v) is 16.8. The second-order valence-electron chi connectivity index (χ2n) is 16.8. The first-order valence-corrected chi connectivity index (χ1v) is 22.4. The first kappa shape index (κ1) is 39.8. The largest absolute Gasteiger partial charge is 0.510 e. The molecular formula is C60H36N6OPt-2. The predicted molar refractivity (Wildman–Crippen MR) is 269 cm³/mol. The summed E-state index contributed by atoms with van der Waals surface area (Å²) in [6.07, 6.45) is 5.64. The Morgan fingerprint density at radius 3 is 1.76 bits per heavy atom. The van der Waals surface area contributed by atoms with Crippen LogP contribution in [0, 0.1) is 18.5 Å². The number of fused-ring (bicyclic) bond motifs is 10. The number of ether oxygens (including phenoxy) is 1. The molecule has 0 spiro atoms. The molecule has 5 heterocycles. The summed E-state index contributed by atoms with van der Waals surface area (Å²) in [6, 6.07) is 81.2. The number of hydrogen-bond donors (Lipinski definition) is 0.